The molecule has 1 unspecified atom stereocenters. The normalized spacial score (nSPS) is 16.3. The molecule has 0 radical (unpaired) electrons. The molecule has 0 saturated carbocycles. The molecule has 1 atom stereocenters. The number of nitrogens with zero attached hydrogens (tertiary/aromatic N) is 1. The van der Waals surface area contributed by atoms with Crippen LogP contribution in [-0.4, -0.2) is 26.7 Å². The number of cyclic esters (lactones) is 1. The second kappa shape index (κ2) is 9.59. The Bertz CT molecular complexity index is 1420. The minimum absolute atomic E-state index is 0.399. The number of hydrogen-bond acceptors (Lipinski definition) is 5. The van der Waals surface area contributed by atoms with E-state index in [1.54, 1.807) is 6.07 Å². The van der Waals surface area contributed by atoms with Crippen LogP contribution in [0.2, 0.25) is 5.02 Å². The van der Waals surface area contributed by atoms with E-state index in [0.29, 0.717) is 22.8 Å². The molecule has 0 aromatic heterocycles. The number of benzene rings is 4. The summed E-state index contributed by atoms with van der Waals surface area (Å²) in [6, 6.07) is 29.1. The molecular formula is C30H27ClN2O3. The lowest BCUT2D eigenvalue weighted by Gasteiger charge is -2.33. The number of para-hydroxylation sites is 1. The van der Waals surface area contributed by atoms with Crippen molar-refractivity contribution in [3.05, 3.63) is 113 Å². The topological polar surface area (TPSA) is 50.8 Å². The summed E-state index contributed by atoms with van der Waals surface area (Å²) < 4.78 is 11.8. The van der Waals surface area contributed by atoms with Crippen LogP contribution in [0, 0.1) is 0 Å². The van der Waals surface area contributed by atoms with E-state index in [-0.39, 0.29) is 0 Å². The molecule has 0 aliphatic carbocycles. The Balaban J connectivity index is 1.66. The summed E-state index contributed by atoms with van der Waals surface area (Å²) in [6.45, 7) is 2.57. The molecule has 1 N–H and O–H groups in total. The van der Waals surface area contributed by atoms with E-state index in [9.17, 15) is 4.79 Å². The van der Waals surface area contributed by atoms with Gasteiger partial charge in [0.2, 0.25) is 5.72 Å². The molecule has 0 spiro atoms. The highest BCUT2D eigenvalue weighted by atomic mass is 35.5. The number of carbonyl (C=O) groups is 1. The molecular weight excluding hydrogens is 472 g/mol. The zero-order valence-electron chi connectivity index (χ0n) is 20.4. The second-order valence-electron chi connectivity index (χ2n) is 8.80. The number of carbonyl (C=O) groups excluding carboxylic acids is 1. The number of halogens is 1. The molecule has 6 heteroatoms. The number of anilines is 2. The van der Waals surface area contributed by atoms with Crippen LogP contribution in [0.5, 0.6) is 5.75 Å². The van der Waals surface area contributed by atoms with Crippen LogP contribution in [0.25, 0.3) is 11.1 Å². The highest BCUT2D eigenvalue weighted by Crippen LogP contribution is 2.46. The Labute approximate surface area is 216 Å². The van der Waals surface area contributed by atoms with Gasteiger partial charge in [-0.05, 0) is 55.0 Å². The van der Waals surface area contributed by atoms with Gasteiger partial charge in [-0.25, -0.2) is 4.79 Å². The van der Waals surface area contributed by atoms with Crippen molar-refractivity contribution in [3.8, 4) is 16.9 Å². The van der Waals surface area contributed by atoms with Crippen LogP contribution in [0.15, 0.2) is 91.0 Å². The molecule has 5 nitrogen and oxygen atoms in total. The zero-order valence-corrected chi connectivity index (χ0v) is 21.2. The van der Waals surface area contributed by atoms with E-state index in [4.69, 9.17) is 21.1 Å². The van der Waals surface area contributed by atoms with Crippen LogP contribution < -0.4 is 15.0 Å². The van der Waals surface area contributed by atoms with Crippen LogP contribution in [0.4, 0.5) is 11.4 Å². The van der Waals surface area contributed by atoms with E-state index in [1.807, 2.05) is 111 Å². The molecule has 0 bridgehead atoms. The summed E-state index contributed by atoms with van der Waals surface area (Å²) in [5.74, 6) is 0.416. The van der Waals surface area contributed by atoms with E-state index >= 15 is 0 Å². The van der Waals surface area contributed by atoms with Crippen LogP contribution in [0.1, 0.15) is 28.4 Å². The third kappa shape index (κ3) is 4.16. The van der Waals surface area contributed by atoms with Gasteiger partial charge in [0.15, 0.2) is 0 Å². The largest absolute Gasteiger partial charge is 0.494 e. The van der Waals surface area contributed by atoms with Gasteiger partial charge >= 0.3 is 5.97 Å². The molecule has 182 valence electrons. The Morgan fingerprint density at radius 1 is 0.889 bits per heavy atom. The van der Waals surface area contributed by atoms with Crippen LogP contribution >= 0.6 is 11.6 Å². The smallest absolute Gasteiger partial charge is 0.341 e. The first-order valence-electron chi connectivity index (χ1n) is 11.8. The van der Waals surface area contributed by atoms with Gasteiger partial charge in [-0.3, -0.25) is 0 Å². The molecule has 4 aromatic carbocycles. The summed E-state index contributed by atoms with van der Waals surface area (Å²) in [5.41, 5.74) is 4.31. The maximum absolute atomic E-state index is 13.1. The summed E-state index contributed by atoms with van der Waals surface area (Å²) >= 11 is 6.86. The third-order valence-electron chi connectivity index (χ3n) is 6.33. The van der Waals surface area contributed by atoms with Crippen LogP contribution in [0.3, 0.4) is 0 Å². The van der Waals surface area contributed by atoms with Crippen molar-refractivity contribution in [2.45, 2.75) is 12.6 Å². The number of fused-ring (bicyclic) bond motifs is 1. The molecule has 36 heavy (non-hydrogen) atoms. The van der Waals surface area contributed by atoms with Crippen molar-refractivity contribution in [3.63, 3.8) is 0 Å². The minimum atomic E-state index is -1.29. The Morgan fingerprint density at radius 3 is 2.28 bits per heavy atom. The van der Waals surface area contributed by atoms with Crippen LogP contribution in [-0.2, 0) is 10.5 Å². The average molecular weight is 499 g/mol. The van der Waals surface area contributed by atoms with Crippen molar-refractivity contribution in [2.75, 3.05) is 30.9 Å². The van der Waals surface area contributed by atoms with Crippen molar-refractivity contribution in [1.82, 2.24) is 0 Å². The van der Waals surface area contributed by atoms with Gasteiger partial charge in [0, 0.05) is 42.2 Å². The molecule has 4 aromatic rings. The number of rotatable bonds is 7. The predicted octanol–water partition coefficient (Wildman–Crippen LogP) is 6.96. The fourth-order valence-corrected chi connectivity index (χ4v) is 4.88. The standard InChI is InChI=1S/C30H27ClN2O3/c1-4-35-22-16-13-20(14-17-22)23-9-6-8-12-28(23)32-30(25-11-7-5-10-24(25)29(34)36-30)26-18-15-21(33(2)3)19-27(26)31/h5-19,32H,4H2,1-3H3. The summed E-state index contributed by atoms with van der Waals surface area (Å²) in [5, 5.41) is 4.08. The van der Waals surface area contributed by atoms with Gasteiger partial charge in [-0.15, -0.1) is 0 Å². The highest BCUT2D eigenvalue weighted by Gasteiger charge is 2.48. The summed E-state index contributed by atoms with van der Waals surface area (Å²) in [6.07, 6.45) is 0. The number of hydrogen-bond donors (Lipinski definition) is 1. The van der Waals surface area contributed by atoms with E-state index in [1.165, 1.54) is 0 Å². The number of esters is 1. The predicted molar refractivity (Wildman–Crippen MR) is 145 cm³/mol. The van der Waals surface area contributed by atoms with Gasteiger partial charge in [0.25, 0.3) is 0 Å². The SMILES string of the molecule is CCOc1ccc(-c2ccccc2NC2(c3ccc(N(C)C)cc3Cl)OC(=O)c3ccccc32)cc1. The first kappa shape index (κ1) is 23.8. The first-order chi connectivity index (χ1) is 17.4. The lowest BCUT2D eigenvalue weighted by Crippen LogP contribution is -2.37. The molecule has 0 amide bonds. The van der Waals surface area contributed by atoms with Gasteiger partial charge in [0.05, 0.1) is 17.2 Å². The average Bonchev–Trinajstić information content (AvgIpc) is 3.17. The summed E-state index contributed by atoms with van der Waals surface area (Å²) in [7, 11) is 3.91. The highest BCUT2D eigenvalue weighted by molar-refractivity contribution is 6.32. The summed E-state index contributed by atoms with van der Waals surface area (Å²) in [4.78, 5) is 15.0. The molecule has 1 heterocycles. The Kier molecular flexibility index (Phi) is 6.33. The van der Waals surface area contributed by atoms with Gasteiger partial charge < -0.3 is 19.7 Å². The molecule has 1 aliphatic rings. The third-order valence-corrected chi connectivity index (χ3v) is 6.65. The molecule has 0 saturated heterocycles. The maximum atomic E-state index is 13.1. The fourth-order valence-electron chi connectivity index (χ4n) is 4.58. The second-order valence-corrected chi connectivity index (χ2v) is 9.21. The van der Waals surface area contributed by atoms with E-state index < -0.39 is 11.7 Å². The van der Waals surface area contributed by atoms with E-state index in [0.717, 1.165) is 33.8 Å². The first-order valence-corrected chi connectivity index (χ1v) is 12.2. The maximum Gasteiger partial charge on any atom is 0.341 e. The van der Waals surface area contributed by atoms with Crippen molar-refractivity contribution < 1.29 is 14.3 Å². The van der Waals surface area contributed by atoms with E-state index in [2.05, 4.69) is 5.32 Å². The van der Waals surface area contributed by atoms with Gasteiger partial charge in [-0.1, -0.05) is 60.1 Å². The zero-order chi connectivity index (χ0) is 25.3. The fraction of sp³-hybridized carbons (Fsp3) is 0.167. The van der Waals surface area contributed by atoms with Crippen molar-refractivity contribution >= 4 is 28.9 Å². The van der Waals surface area contributed by atoms with Crippen molar-refractivity contribution in [2.24, 2.45) is 0 Å². The van der Waals surface area contributed by atoms with Gasteiger partial charge in [-0.2, -0.15) is 0 Å². The number of ether oxygens (including phenoxy) is 2. The van der Waals surface area contributed by atoms with Gasteiger partial charge in [0.1, 0.15) is 5.75 Å². The lowest BCUT2D eigenvalue weighted by atomic mass is 9.91. The molecule has 1 aliphatic heterocycles. The molecule has 5 rings (SSSR count). The Hall–Kier alpha value is -3.96. The van der Waals surface area contributed by atoms with Crippen molar-refractivity contribution in [1.29, 1.82) is 0 Å². The minimum Gasteiger partial charge on any atom is -0.494 e. The monoisotopic (exact) mass is 498 g/mol. The number of nitrogens with one attached hydrogen (secondary N) is 1. The Morgan fingerprint density at radius 2 is 1.58 bits per heavy atom. The quantitative estimate of drug-likeness (QED) is 0.279. The molecule has 0 fully saturated rings. The lowest BCUT2D eigenvalue weighted by molar-refractivity contribution is 0.0213.